The Kier molecular flexibility index (Phi) is 7.29. The first-order valence-electron chi connectivity index (χ1n) is 12.3. The van der Waals surface area contributed by atoms with Gasteiger partial charge >= 0.3 is 6.03 Å². The Morgan fingerprint density at radius 3 is 2.58 bits per heavy atom. The van der Waals surface area contributed by atoms with Gasteiger partial charge in [-0.05, 0) is 41.3 Å². The first kappa shape index (κ1) is 25.3. The van der Waals surface area contributed by atoms with E-state index in [1.807, 2.05) is 60.7 Å². The third kappa shape index (κ3) is 5.19. The second-order valence-corrected chi connectivity index (χ2v) is 9.66. The van der Waals surface area contributed by atoms with Gasteiger partial charge in [-0.15, -0.1) is 6.58 Å². The Balaban J connectivity index is 1.35. The van der Waals surface area contributed by atoms with Gasteiger partial charge in [0, 0.05) is 17.3 Å². The molecule has 7 nitrogen and oxygen atoms in total. The van der Waals surface area contributed by atoms with Crippen LogP contribution in [0, 0.1) is 0 Å². The first-order valence-corrected chi connectivity index (χ1v) is 12.7. The summed E-state index contributed by atoms with van der Waals surface area (Å²) in [5, 5.41) is 6.39. The first-order chi connectivity index (χ1) is 18.4. The van der Waals surface area contributed by atoms with Gasteiger partial charge in [0.15, 0.2) is 0 Å². The number of benzene rings is 3. The van der Waals surface area contributed by atoms with Crippen molar-refractivity contribution in [3.8, 4) is 0 Å². The normalized spacial score (nSPS) is 16.8. The van der Waals surface area contributed by atoms with Crippen molar-refractivity contribution in [1.29, 1.82) is 0 Å². The highest BCUT2D eigenvalue weighted by atomic mass is 35.5. The van der Waals surface area contributed by atoms with Crippen LogP contribution in [-0.2, 0) is 16.0 Å². The Morgan fingerprint density at radius 2 is 1.82 bits per heavy atom. The van der Waals surface area contributed by atoms with E-state index in [0.29, 0.717) is 34.0 Å². The molecule has 5 rings (SSSR count). The molecule has 1 atom stereocenters. The van der Waals surface area contributed by atoms with Crippen LogP contribution in [0.2, 0.25) is 5.02 Å². The lowest BCUT2D eigenvalue weighted by Gasteiger charge is -2.33. The van der Waals surface area contributed by atoms with E-state index in [-0.39, 0.29) is 37.5 Å². The summed E-state index contributed by atoms with van der Waals surface area (Å²) in [5.74, 6) is -0.612. The molecule has 0 saturated heterocycles. The van der Waals surface area contributed by atoms with E-state index in [0.717, 1.165) is 11.1 Å². The number of carbonyl (C=O) groups excluding carboxylic acids is 3. The molecule has 0 radical (unpaired) electrons. The average molecular weight is 527 g/mol. The van der Waals surface area contributed by atoms with Crippen molar-refractivity contribution in [2.24, 2.45) is 0 Å². The monoisotopic (exact) mass is 526 g/mol. The molecule has 0 fully saturated rings. The lowest BCUT2D eigenvalue weighted by Crippen LogP contribution is -2.47. The fourth-order valence-electron chi connectivity index (χ4n) is 4.91. The molecule has 0 aliphatic carbocycles. The van der Waals surface area contributed by atoms with Crippen molar-refractivity contribution in [2.75, 3.05) is 25.0 Å². The summed E-state index contributed by atoms with van der Waals surface area (Å²) in [5.41, 5.74) is 4.52. The molecule has 4 amide bonds. The van der Waals surface area contributed by atoms with Gasteiger partial charge in [-0.2, -0.15) is 0 Å². The SMILES string of the molecule is C=CCN1C(=O)NC(c2cccc(Cl)c2)C2=C1CN(CC(=O)Nc1ccccc1Cc1ccccc1)C2=O. The predicted octanol–water partition coefficient (Wildman–Crippen LogP) is 4.92. The Hall–Kier alpha value is -4.36. The molecular formula is C30H27ClN4O3. The minimum absolute atomic E-state index is 0.144. The number of carbonyl (C=O) groups is 3. The van der Waals surface area contributed by atoms with Crippen LogP contribution in [0.3, 0.4) is 0 Å². The van der Waals surface area contributed by atoms with Crippen LogP contribution in [0.1, 0.15) is 22.7 Å². The van der Waals surface area contributed by atoms with E-state index in [4.69, 9.17) is 11.6 Å². The molecule has 0 saturated carbocycles. The number of nitrogens with one attached hydrogen (secondary N) is 2. The number of para-hydroxylation sites is 1. The maximum Gasteiger partial charge on any atom is 0.322 e. The lowest BCUT2D eigenvalue weighted by molar-refractivity contribution is -0.130. The molecular weight excluding hydrogens is 500 g/mol. The van der Waals surface area contributed by atoms with Crippen LogP contribution in [0.4, 0.5) is 10.5 Å². The molecule has 0 bridgehead atoms. The number of anilines is 1. The van der Waals surface area contributed by atoms with E-state index in [2.05, 4.69) is 17.2 Å². The molecule has 2 aliphatic rings. The molecule has 2 N–H and O–H groups in total. The van der Waals surface area contributed by atoms with Gasteiger partial charge in [0.05, 0.1) is 23.9 Å². The predicted molar refractivity (Wildman–Crippen MR) is 148 cm³/mol. The van der Waals surface area contributed by atoms with E-state index in [1.165, 1.54) is 9.80 Å². The second kappa shape index (κ2) is 10.9. The molecule has 3 aromatic rings. The van der Waals surface area contributed by atoms with Crippen molar-refractivity contribution >= 4 is 35.1 Å². The number of nitrogens with zero attached hydrogens (tertiary/aromatic N) is 2. The van der Waals surface area contributed by atoms with Crippen LogP contribution in [0.25, 0.3) is 0 Å². The summed E-state index contributed by atoms with van der Waals surface area (Å²) in [7, 11) is 0. The third-order valence-corrected chi connectivity index (χ3v) is 6.89. The van der Waals surface area contributed by atoms with E-state index in [9.17, 15) is 14.4 Å². The van der Waals surface area contributed by atoms with E-state index < -0.39 is 6.04 Å². The van der Waals surface area contributed by atoms with Gasteiger partial charge in [0.2, 0.25) is 5.91 Å². The van der Waals surface area contributed by atoms with E-state index >= 15 is 0 Å². The Labute approximate surface area is 226 Å². The highest BCUT2D eigenvalue weighted by Gasteiger charge is 2.44. The van der Waals surface area contributed by atoms with Crippen molar-refractivity contribution in [3.63, 3.8) is 0 Å². The molecule has 38 heavy (non-hydrogen) atoms. The van der Waals surface area contributed by atoms with E-state index in [1.54, 1.807) is 24.3 Å². The molecule has 3 aromatic carbocycles. The van der Waals surface area contributed by atoms with Crippen LogP contribution in [0.15, 0.2) is 103 Å². The maximum absolute atomic E-state index is 13.6. The standard InChI is InChI=1S/C30H27ClN4O3/c1-2-15-35-25-18-34(29(37)27(25)28(33-30(35)38)22-12-8-13-23(31)17-22)19-26(36)32-24-14-7-6-11-21(24)16-20-9-4-3-5-10-20/h2-14,17,28H,1,15-16,18-19H2,(H,32,36)(H,33,38). The zero-order chi connectivity index (χ0) is 26.6. The number of amides is 4. The molecule has 8 heteroatoms. The van der Waals surface area contributed by atoms with Gasteiger partial charge in [0.25, 0.3) is 5.91 Å². The van der Waals surface area contributed by atoms with Crippen molar-refractivity contribution in [3.05, 3.63) is 125 Å². The van der Waals surface area contributed by atoms with Crippen LogP contribution in [0.5, 0.6) is 0 Å². The van der Waals surface area contributed by atoms with Crippen molar-refractivity contribution in [2.45, 2.75) is 12.5 Å². The van der Waals surface area contributed by atoms with Gasteiger partial charge < -0.3 is 15.5 Å². The van der Waals surface area contributed by atoms with Crippen molar-refractivity contribution < 1.29 is 14.4 Å². The smallest absolute Gasteiger partial charge is 0.322 e. The highest BCUT2D eigenvalue weighted by Crippen LogP contribution is 2.36. The number of halogens is 1. The van der Waals surface area contributed by atoms with Crippen LogP contribution < -0.4 is 10.6 Å². The summed E-state index contributed by atoms with van der Waals surface area (Å²) in [6.07, 6.45) is 2.27. The minimum atomic E-state index is -0.663. The molecule has 2 aliphatic heterocycles. The molecule has 0 spiro atoms. The molecule has 1 unspecified atom stereocenters. The molecule has 0 aromatic heterocycles. The third-order valence-electron chi connectivity index (χ3n) is 6.65. The van der Waals surface area contributed by atoms with Gasteiger partial charge in [-0.3, -0.25) is 14.5 Å². The van der Waals surface area contributed by atoms with Crippen LogP contribution in [-0.4, -0.2) is 47.3 Å². The minimum Gasteiger partial charge on any atom is -0.326 e. The topological polar surface area (TPSA) is 81.8 Å². The fourth-order valence-corrected chi connectivity index (χ4v) is 5.11. The highest BCUT2D eigenvalue weighted by molar-refractivity contribution is 6.30. The largest absolute Gasteiger partial charge is 0.326 e. The maximum atomic E-state index is 13.6. The molecule has 192 valence electrons. The van der Waals surface area contributed by atoms with Crippen molar-refractivity contribution in [1.82, 2.24) is 15.1 Å². The number of urea groups is 1. The summed E-state index contributed by atoms with van der Waals surface area (Å²) >= 11 is 6.20. The number of hydrogen-bond donors (Lipinski definition) is 2. The zero-order valence-electron chi connectivity index (χ0n) is 20.7. The van der Waals surface area contributed by atoms with Crippen LogP contribution >= 0.6 is 11.6 Å². The van der Waals surface area contributed by atoms with Gasteiger partial charge in [-0.25, -0.2) is 4.79 Å². The Bertz CT molecular complexity index is 1440. The lowest BCUT2D eigenvalue weighted by atomic mass is 9.95. The summed E-state index contributed by atoms with van der Waals surface area (Å²) in [6, 6.07) is 23.7. The number of hydrogen-bond acceptors (Lipinski definition) is 3. The molecule has 2 heterocycles. The van der Waals surface area contributed by atoms with Gasteiger partial charge in [-0.1, -0.05) is 78.3 Å². The fraction of sp³-hybridized carbons (Fsp3) is 0.167. The Morgan fingerprint density at radius 1 is 1.05 bits per heavy atom. The summed E-state index contributed by atoms with van der Waals surface area (Å²) in [6.45, 7) is 3.98. The zero-order valence-corrected chi connectivity index (χ0v) is 21.4. The summed E-state index contributed by atoms with van der Waals surface area (Å²) in [4.78, 5) is 42.7. The average Bonchev–Trinajstić information content (AvgIpc) is 3.22. The number of rotatable bonds is 8. The second-order valence-electron chi connectivity index (χ2n) is 9.23. The quantitative estimate of drug-likeness (QED) is 0.409. The summed E-state index contributed by atoms with van der Waals surface area (Å²) < 4.78 is 0. The van der Waals surface area contributed by atoms with Gasteiger partial charge in [0.1, 0.15) is 6.54 Å².